The molecule has 1 aliphatic rings. The highest BCUT2D eigenvalue weighted by Gasteiger charge is 2.27. The molecular formula is C20H28FNO4. The van der Waals surface area contributed by atoms with Crippen molar-refractivity contribution in [1.29, 1.82) is 0 Å². The highest BCUT2D eigenvalue weighted by molar-refractivity contribution is 5.69. The lowest BCUT2D eigenvalue weighted by Gasteiger charge is -2.33. The number of halogens is 1. The topological polar surface area (TPSA) is 55.8 Å². The smallest absolute Gasteiger partial charge is 0.410 e. The Balaban J connectivity index is 1.64. The number of ether oxygens (including phenoxy) is 2. The summed E-state index contributed by atoms with van der Waals surface area (Å²) in [4.78, 5) is 25.6. The molecule has 0 N–H and O–H groups in total. The second kappa shape index (κ2) is 9.01. The number of piperidine rings is 1. The molecule has 0 unspecified atom stereocenters. The summed E-state index contributed by atoms with van der Waals surface area (Å²) in [5.74, 6) is -0.263. The molecule has 0 aromatic heterocycles. The lowest BCUT2D eigenvalue weighted by atomic mass is 9.98. The van der Waals surface area contributed by atoms with Crippen LogP contribution in [0.3, 0.4) is 0 Å². The van der Waals surface area contributed by atoms with Crippen LogP contribution in [0.1, 0.15) is 45.6 Å². The molecule has 0 saturated carbocycles. The van der Waals surface area contributed by atoms with Crippen molar-refractivity contribution in [2.75, 3.05) is 19.7 Å². The van der Waals surface area contributed by atoms with Crippen molar-refractivity contribution < 1.29 is 23.5 Å². The van der Waals surface area contributed by atoms with Crippen LogP contribution in [0.15, 0.2) is 24.3 Å². The van der Waals surface area contributed by atoms with Gasteiger partial charge in [0.25, 0.3) is 0 Å². The lowest BCUT2D eigenvalue weighted by molar-refractivity contribution is -0.145. The van der Waals surface area contributed by atoms with Crippen LogP contribution in [-0.4, -0.2) is 42.3 Å². The Morgan fingerprint density at radius 3 is 2.35 bits per heavy atom. The first-order chi connectivity index (χ1) is 12.2. The van der Waals surface area contributed by atoms with Gasteiger partial charge in [0.2, 0.25) is 0 Å². The van der Waals surface area contributed by atoms with Crippen LogP contribution in [-0.2, 0) is 20.7 Å². The van der Waals surface area contributed by atoms with Gasteiger partial charge in [-0.3, -0.25) is 4.79 Å². The van der Waals surface area contributed by atoms with E-state index >= 15 is 0 Å². The predicted octanol–water partition coefficient (Wildman–Crippen LogP) is 3.95. The van der Waals surface area contributed by atoms with E-state index in [1.807, 2.05) is 20.8 Å². The molecular weight excluding hydrogens is 337 g/mol. The van der Waals surface area contributed by atoms with Crippen molar-refractivity contribution in [2.24, 2.45) is 5.92 Å². The van der Waals surface area contributed by atoms with Gasteiger partial charge in [0.15, 0.2) is 0 Å². The van der Waals surface area contributed by atoms with Gasteiger partial charge in [-0.05, 0) is 63.6 Å². The van der Waals surface area contributed by atoms with Gasteiger partial charge in [0.1, 0.15) is 11.4 Å². The van der Waals surface area contributed by atoms with Gasteiger partial charge in [0.05, 0.1) is 6.61 Å². The SMILES string of the molecule is CC(C)(C)OC(=O)N1CCC(COC(=O)CCc2ccc(F)cc2)CC1. The third-order valence-corrected chi connectivity index (χ3v) is 4.28. The largest absolute Gasteiger partial charge is 0.465 e. The quantitative estimate of drug-likeness (QED) is 0.742. The monoisotopic (exact) mass is 365 g/mol. The fourth-order valence-electron chi connectivity index (χ4n) is 2.79. The minimum atomic E-state index is -0.492. The first-order valence-corrected chi connectivity index (χ1v) is 9.11. The summed E-state index contributed by atoms with van der Waals surface area (Å²) in [6.45, 7) is 7.17. The molecule has 1 aliphatic heterocycles. The second-order valence-electron chi connectivity index (χ2n) is 7.72. The summed E-state index contributed by atoms with van der Waals surface area (Å²) in [6.07, 6.45) is 2.13. The van der Waals surface area contributed by atoms with Gasteiger partial charge in [-0.1, -0.05) is 12.1 Å². The first kappa shape index (κ1) is 20.2. The maximum atomic E-state index is 12.8. The van der Waals surface area contributed by atoms with Gasteiger partial charge in [-0.25, -0.2) is 9.18 Å². The number of nitrogens with zero attached hydrogens (tertiary/aromatic N) is 1. The van der Waals surface area contributed by atoms with Crippen LogP contribution in [0, 0.1) is 11.7 Å². The van der Waals surface area contributed by atoms with Crippen molar-refractivity contribution in [3.8, 4) is 0 Å². The Bertz CT molecular complexity index is 601. The zero-order chi connectivity index (χ0) is 19.2. The Morgan fingerprint density at radius 1 is 1.15 bits per heavy atom. The van der Waals surface area contributed by atoms with Crippen LogP contribution in [0.2, 0.25) is 0 Å². The van der Waals surface area contributed by atoms with Gasteiger partial charge in [-0.2, -0.15) is 0 Å². The van der Waals surface area contributed by atoms with E-state index in [0.717, 1.165) is 18.4 Å². The molecule has 1 heterocycles. The van der Waals surface area contributed by atoms with Crippen molar-refractivity contribution in [3.63, 3.8) is 0 Å². The van der Waals surface area contributed by atoms with E-state index in [1.54, 1.807) is 17.0 Å². The van der Waals surface area contributed by atoms with Crippen molar-refractivity contribution in [2.45, 2.75) is 52.1 Å². The molecule has 1 aromatic rings. The summed E-state index contributed by atoms with van der Waals surface area (Å²) < 4.78 is 23.6. The summed E-state index contributed by atoms with van der Waals surface area (Å²) >= 11 is 0. The Morgan fingerprint density at radius 2 is 1.77 bits per heavy atom. The normalized spacial score (nSPS) is 15.6. The summed E-state index contributed by atoms with van der Waals surface area (Å²) in [5, 5.41) is 0. The molecule has 1 aromatic carbocycles. The van der Waals surface area contributed by atoms with Crippen LogP contribution >= 0.6 is 0 Å². The van der Waals surface area contributed by atoms with Gasteiger partial charge < -0.3 is 14.4 Å². The molecule has 1 saturated heterocycles. The molecule has 6 heteroatoms. The number of carbonyl (C=O) groups is 2. The fraction of sp³-hybridized carbons (Fsp3) is 0.600. The standard InChI is InChI=1S/C20H28FNO4/c1-20(2,3)26-19(24)22-12-10-16(11-13-22)14-25-18(23)9-6-15-4-7-17(21)8-5-15/h4-5,7-8,16H,6,9-14H2,1-3H3. The molecule has 1 amide bonds. The van der Waals surface area contributed by atoms with Crippen LogP contribution < -0.4 is 0 Å². The number of likely N-dealkylation sites (tertiary alicyclic amines) is 1. The van der Waals surface area contributed by atoms with Crippen LogP contribution in [0.25, 0.3) is 0 Å². The van der Waals surface area contributed by atoms with Crippen molar-refractivity contribution in [3.05, 3.63) is 35.6 Å². The third-order valence-electron chi connectivity index (χ3n) is 4.28. The summed E-state index contributed by atoms with van der Waals surface area (Å²) in [6, 6.07) is 6.13. The van der Waals surface area contributed by atoms with Crippen LogP contribution in [0.4, 0.5) is 9.18 Å². The minimum absolute atomic E-state index is 0.246. The molecule has 0 aliphatic carbocycles. The lowest BCUT2D eigenvalue weighted by Crippen LogP contribution is -2.42. The Kier molecular flexibility index (Phi) is 7.00. The minimum Gasteiger partial charge on any atom is -0.465 e. The van der Waals surface area contributed by atoms with Crippen molar-refractivity contribution in [1.82, 2.24) is 4.90 Å². The number of amides is 1. The number of carbonyl (C=O) groups excluding carboxylic acids is 2. The zero-order valence-electron chi connectivity index (χ0n) is 15.8. The fourth-order valence-corrected chi connectivity index (χ4v) is 2.79. The van der Waals surface area contributed by atoms with Crippen molar-refractivity contribution >= 4 is 12.1 Å². The van der Waals surface area contributed by atoms with E-state index < -0.39 is 5.60 Å². The molecule has 26 heavy (non-hydrogen) atoms. The molecule has 2 rings (SSSR count). The van der Waals surface area contributed by atoms with E-state index in [-0.39, 0.29) is 30.2 Å². The first-order valence-electron chi connectivity index (χ1n) is 9.11. The number of aryl methyl sites for hydroxylation is 1. The van der Waals surface area contributed by atoms with E-state index in [2.05, 4.69) is 0 Å². The zero-order valence-corrected chi connectivity index (χ0v) is 15.8. The maximum absolute atomic E-state index is 12.8. The highest BCUT2D eigenvalue weighted by Crippen LogP contribution is 2.20. The number of esters is 1. The average molecular weight is 365 g/mol. The summed E-state index contributed by atoms with van der Waals surface area (Å²) in [7, 11) is 0. The number of hydrogen-bond acceptors (Lipinski definition) is 4. The molecule has 144 valence electrons. The molecule has 1 fully saturated rings. The van der Waals surface area contributed by atoms with Gasteiger partial charge in [0, 0.05) is 19.5 Å². The maximum Gasteiger partial charge on any atom is 0.410 e. The number of rotatable bonds is 5. The molecule has 0 atom stereocenters. The molecule has 0 radical (unpaired) electrons. The summed E-state index contributed by atoms with van der Waals surface area (Å²) in [5.41, 5.74) is 0.419. The Hall–Kier alpha value is -2.11. The average Bonchev–Trinajstić information content (AvgIpc) is 2.58. The van der Waals surface area contributed by atoms with E-state index in [4.69, 9.17) is 9.47 Å². The number of hydrogen-bond donors (Lipinski definition) is 0. The number of benzene rings is 1. The third kappa shape index (κ3) is 7.02. The van der Waals surface area contributed by atoms with Crippen LogP contribution in [0.5, 0.6) is 0 Å². The van der Waals surface area contributed by atoms with E-state index in [1.165, 1.54) is 12.1 Å². The highest BCUT2D eigenvalue weighted by atomic mass is 19.1. The van der Waals surface area contributed by atoms with Gasteiger partial charge >= 0.3 is 12.1 Å². The van der Waals surface area contributed by atoms with E-state index in [9.17, 15) is 14.0 Å². The van der Waals surface area contributed by atoms with Gasteiger partial charge in [-0.15, -0.1) is 0 Å². The molecule has 0 bridgehead atoms. The molecule has 5 nitrogen and oxygen atoms in total. The molecule has 0 spiro atoms. The predicted molar refractivity (Wildman–Crippen MR) is 96.2 cm³/mol. The Labute approximate surface area is 154 Å². The second-order valence-corrected chi connectivity index (χ2v) is 7.72. The van der Waals surface area contributed by atoms with E-state index in [0.29, 0.717) is 26.1 Å².